The number of rotatable bonds is 4. The zero-order valence-corrected chi connectivity index (χ0v) is 11.4. The fourth-order valence-electron chi connectivity index (χ4n) is 2.39. The van der Waals surface area contributed by atoms with Crippen molar-refractivity contribution in [2.24, 2.45) is 5.92 Å². The van der Waals surface area contributed by atoms with Gasteiger partial charge in [-0.1, -0.05) is 43.8 Å². The van der Waals surface area contributed by atoms with Gasteiger partial charge in [-0.05, 0) is 12.0 Å². The average molecular weight is 271 g/mol. The molecule has 104 valence electrons. The van der Waals surface area contributed by atoms with E-state index in [1.807, 2.05) is 19.1 Å². The predicted molar refractivity (Wildman–Crippen MR) is 73.4 cm³/mol. The summed E-state index contributed by atoms with van der Waals surface area (Å²) in [7, 11) is 0. The summed E-state index contributed by atoms with van der Waals surface area (Å²) in [5.74, 6) is -1.24. The van der Waals surface area contributed by atoms with Crippen LogP contribution >= 0.6 is 0 Å². The SMILES string of the molecule is C=C(CC)C(=O)OC1CC(O)(c2ccccc2)C1C#N. The third-order valence-corrected chi connectivity index (χ3v) is 3.79. The van der Waals surface area contributed by atoms with Crippen molar-refractivity contribution in [1.82, 2.24) is 0 Å². The summed E-state index contributed by atoms with van der Waals surface area (Å²) in [6.45, 7) is 5.42. The van der Waals surface area contributed by atoms with Gasteiger partial charge in [-0.2, -0.15) is 5.26 Å². The lowest BCUT2D eigenvalue weighted by Gasteiger charge is -2.47. The Kier molecular flexibility index (Phi) is 3.91. The monoisotopic (exact) mass is 271 g/mol. The Bertz CT molecular complexity index is 561. The molecule has 4 heteroatoms. The summed E-state index contributed by atoms with van der Waals surface area (Å²) in [5, 5.41) is 19.8. The minimum absolute atomic E-state index is 0.234. The van der Waals surface area contributed by atoms with Crippen molar-refractivity contribution >= 4 is 5.97 Å². The van der Waals surface area contributed by atoms with Crippen molar-refractivity contribution in [3.05, 3.63) is 48.0 Å². The molecule has 1 aliphatic carbocycles. The molecule has 1 aromatic carbocycles. The van der Waals surface area contributed by atoms with E-state index in [2.05, 4.69) is 6.58 Å². The number of ether oxygens (including phenoxy) is 1. The summed E-state index contributed by atoms with van der Waals surface area (Å²) in [5.41, 5.74) is -0.195. The molecule has 0 bridgehead atoms. The van der Waals surface area contributed by atoms with Crippen LogP contribution in [0.3, 0.4) is 0 Å². The number of hydrogen-bond acceptors (Lipinski definition) is 4. The highest BCUT2D eigenvalue weighted by Crippen LogP contribution is 2.48. The number of hydrogen-bond donors (Lipinski definition) is 1. The van der Waals surface area contributed by atoms with Crippen LogP contribution in [-0.2, 0) is 15.1 Å². The predicted octanol–water partition coefficient (Wildman–Crippen LogP) is 2.30. The maximum atomic E-state index is 11.7. The lowest BCUT2D eigenvalue weighted by molar-refractivity contribution is -0.188. The van der Waals surface area contributed by atoms with Gasteiger partial charge in [-0.25, -0.2) is 4.79 Å². The van der Waals surface area contributed by atoms with Crippen LogP contribution in [0, 0.1) is 17.2 Å². The molecule has 1 fully saturated rings. The van der Waals surface area contributed by atoms with Crippen LogP contribution in [-0.4, -0.2) is 17.2 Å². The number of esters is 1. The van der Waals surface area contributed by atoms with Crippen molar-refractivity contribution in [3.8, 4) is 6.07 Å². The van der Waals surface area contributed by atoms with E-state index in [-0.39, 0.29) is 6.42 Å². The standard InChI is InChI=1S/C16H17NO3/c1-3-11(2)15(18)20-14-9-16(19,13(14)10-17)12-7-5-4-6-8-12/h4-8,13-14,19H,2-3,9H2,1H3. The molecule has 0 aliphatic heterocycles. The molecule has 1 aromatic rings. The molecular weight excluding hydrogens is 254 g/mol. The molecular formula is C16H17NO3. The molecule has 0 spiro atoms. The lowest BCUT2D eigenvalue weighted by Crippen LogP contribution is -2.56. The maximum Gasteiger partial charge on any atom is 0.333 e. The quantitative estimate of drug-likeness (QED) is 0.673. The summed E-state index contributed by atoms with van der Waals surface area (Å²) in [6.07, 6.45) is 0.157. The van der Waals surface area contributed by atoms with Crippen molar-refractivity contribution in [2.75, 3.05) is 0 Å². The van der Waals surface area contributed by atoms with Gasteiger partial charge in [0.2, 0.25) is 0 Å². The topological polar surface area (TPSA) is 70.3 Å². The smallest absolute Gasteiger partial charge is 0.333 e. The van der Waals surface area contributed by atoms with E-state index in [0.29, 0.717) is 17.6 Å². The molecule has 1 saturated carbocycles. The van der Waals surface area contributed by atoms with Gasteiger partial charge in [-0.15, -0.1) is 0 Å². The van der Waals surface area contributed by atoms with E-state index >= 15 is 0 Å². The van der Waals surface area contributed by atoms with Crippen molar-refractivity contribution in [1.29, 1.82) is 5.26 Å². The first-order valence-corrected chi connectivity index (χ1v) is 6.59. The summed E-state index contributed by atoms with van der Waals surface area (Å²) in [4.78, 5) is 11.7. The molecule has 0 radical (unpaired) electrons. The highest BCUT2D eigenvalue weighted by molar-refractivity contribution is 5.87. The van der Waals surface area contributed by atoms with Crippen LogP contribution in [0.15, 0.2) is 42.5 Å². The first-order valence-electron chi connectivity index (χ1n) is 6.59. The molecule has 1 aliphatic rings. The summed E-state index contributed by atoms with van der Waals surface area (Å²) in [6, 6.07) is 11.0. The number of benzene rings is 1. The second-order valence-corrected chi connectivity index (χ2v) is 5.00. The molecule has 3 unspecified atom stereocenters. The van der Waals surface area contributed by atoms with Crippen LogP contribution in [0.1, 0.15) is 25.3 Å². The third-order valence-electron chi connectivity index (χ3n) is 3.79. The largest absolute Gasteiger partial charge is 0.457 e. The van der Waals surface area contributed by atoms with Crippen LogP contribution in [0.2, 0.25) is 0 Å². The highest BCUT2D eigenvalue weighted by Gasteiger charge is 2.56. The van der Waals surface area contributed by atoms with Crippen LogP contribution in [0.5, 0.6) is 0 Å². The average Bonchev–Trinajstić information content (AvgIpc) is 2.46. The van der Waals surface area contributed by atoms with E-state index < -0.39 is 23.6 Å². The third kappa shape index (κ3) is 2.33. The van der Waals surface area contributed by atoms with E-state index in [1.54, 1.807) is 24.3 Å². The van der Waals surface area contributed by atoms with E-state index in [9.17, 15) is 15.2 Å². The van der Waals surface area contributed by atoms with Gasteiger partial charge in [0.1, 0.15) is 17.6 Å². The molecule has 1 N–H and O–H groups in total. The van der Waals surface area contributed by atoms with Gasteiger partial charge >= 0.3 is 5.97 Å². The normalized spacial score (nSPS) is 28.1. The number of aliphatic hydroxyl groups is 1. The van der Waals surface area contributed by atoms with Crippen LogP contribution in [0.25, 0.3) is 0 Å². The van der Waals surface area contributed by atoms with Gasteiger partial charge in [-0.3, -0.25) is 0 Å². The van der Waals surface area contributed by atoms with Gasteiger partial charge in [0.15, 0.2) is 0 Å². The summed E-state index contributed by atoms with van der Waals surface area (Å²) >= 11 is 0. The Labute approximate surface area is 118 Å². The second-order valence-electron chi connectivity index (χ2n) is 5.00. The fraction of sp³-hybridized carbons (Fsp3) is 0.375. The van der Waals surface area contributed by atoms with Gasteiger partial charge in [0.05, 0.1) is 6.07 Å². The highest BCUT2D eigenvalue weighted by atomic mass is 16.5. The Hall–Kier alpha value is -2.12. The molecule has 0 heterocycles. The molecule has 0 aromatic heterocycles. The van der Waals surface area contributed by atoms with Gasteiger partial charge < -0.3 is 9.84 Å². The second kappa shape index (κ2) is 5.48. The maximum absolute atomic E-state index is 11.7. The molecule has 0 amide bonds. The fourth-order valence-corrected chi connectivity index (χ4v) is 2.39. The Balaban J connectivity index is 2.11. The van der Waals surface area contributed by atoms with Crippen molar-refractivity contribution in [2.45, 2.75) is 31.5 Å². The van der Waals surface area contributed by atoms with E-state index in [4.69, 9.17) is 4.74 Å². The number of carbonyl (C=O) groups is 1. The zero-order chi connectivity index (χ0) is 14.8. The minimum Gasteiger partial charge on any atom is -0.457 e. The van der Waals surface area contributed by atoms with E-state index in [1.165, 1.54) is 0 Å². The van der Waals surface area contributed by atoms with Gasteiger partial charge in [0.25, 0.3) is 0 Å². The van der Waals surface area contributed by atoms with E-state index in [0.717, 1.165) is 0 Å². The molecule has 0 saturated heterocycles. The molecule has 20 heavy (non-hydrogen) atoms. The van der Waals surface area contributed by atoms with Crippen molar-refractivity contribution in [3.63, 3.8) is 0 Å². The Morgan fingerprint density at radius 1 is 1.55 bits per heavy atom. The van der Waals surface area contributed by atoms with Gasteiger partial charge in [0, 0.05) is 12.0 Å². The number of carbonyl (C=O) groups excluding carboxylic acids is 1. The minimum atomic E-state index is -1.24. The molecule has 2 rings (SSSR count). The first-order chi connectivity index (χ1) is 9.52. The Morgan fingerprint density at radius 2 is 2.20 bits per heavy atom. The number of nitriles is 1. The van der Waals surface area contributed by atoms with Crippen molar-refractivity contribution < 1.29 is 14.6 Å². The van der Waals surface area contributed by atoms with Crippen LogP contribution in [0.4, 0.5) is 0 Å². The zero-order valence-electron chi connectivity index (χ0n) is 11.4. The molecule has 3 atom stereocenters. The first kappa shape index (κ1) is 14.3. The summed E-state index contributed by atoms with van der Waals surface area (Å²) < 4.78 is 5.24. The Morgan fingerprint density at radius 3 is 2.75 bits per heavy atom. The number of nitrogens with zero attached hydrogens (tertiary/aromatic N) is 1. The lowest BCUT2D eigenvalue weighted by atomic mass is 9.64. The van der Waals surface area contributed by atoms with Crippen LogP contribution < -0.4 is 0 Å². The molecule has 4 nitrogen and oxygen atoms in total.